The number of aromatic amines is 1. The van der Waals surface area contributed by atoms with Gasteiger partial charge in [-0.3, -0.25) is 23.9 Å². The minimum Gasteiger partial charge on any atom is -0.455 e. The van der Waals surface area contributed by atoms with E-state index < -0.39 is 54.0 Å². The quantitative estimate of drug-likeness (QED) is 0.642. The Hall–Kier alpha value is -2.50. The highest BCUT2D eigenvalue weighted by atomic mass is 16.7. The zero-order valence-electron chi connectivity index (χ0n) is 14.1. The average molecular weight is 370 g/mol. The van der Waals surface area contributed by atoms with Crippen LogP contribution in [0.3, 0.4) is 0 Å². The third-order valence-electron chi connectivity index (χ3n) is 3.88. The summed E-state index contributed by atoms with van der Waals surface area (Å²) in [4.78, 5) is 48.4. The van der Waals surface area contributed by atoms with Crippen molar-refractivity contribution in [3.63, 3.8) is 0 Å². The number of esters is 2. The van der Waals surface area contributed by atoms with Crippen molar-refractivity contribution in [2.75, 3.05) is 13.2 Å². The Balaban J connectivity index is 1.98. The number of hydrogen-bond acceptors (Lipinski definition) is 9. The molecule has 1 N–H and O–H groups in total. The number of nitrogens with one attached hydrogen (secondary N) is 1. The highest BCUT2D eigenvalue weighted by Gasteiger charge is 2.54. The Bertz CT molecular complexity index is 801. The van der Waals surface area contributed by atoms with Crippen molar-refractivity contribution in [3.05, 3.63) is 33.1 Å². The number of rotatable bonds is 3. The van der Waals surface area contributed by atoms with Gasteiger partial charge in [-0.1, -0.05) is 0 Å². The van der Waals surface area contributed by atoms with E-state index in [2.05, 4.69) is 4.98 Å². The van der Waals surface area contributed by atoms with Gasteiger partial charge in [-0.25, -0.2) is 4.79 Å². The molecule has 11 nitrogen and oxygen atoms in total. The average Bonchev–Trinajstić information content (AvgIpc) is 2.75. The number of carbonyl (C=O) groups excluding carboxylic acids is 2. The van der Waals surface area contributed by atoms with Crippen molar-refractivity contribution in [2.45, 2.75) is 44.7 Å². The monoisotopic (exact) mass is 370 g/mol. The third kappa shape index (κ3) is 3.69. The molecule has 0 aliphatic carbocycles. The van der Waals surface area contributed by atoms with Crippen LogP contribution >= 0.6 is 0 Å². The molecule has 5 atom stereocenters. The fourth-order valence-electron chi connectivity index (χ4n) is 2.95. The lowest BCUT2D eigenvalue weighted by Gasteiger charge is -2.24. The molecule has 2 saturated heterocycles. The van der Waals surface area contributed by atoms with Gasteiger partial charge in [-0.05, 0) is 0 Å². The lowest BCUT2D eigenvalue weighted by Crippen LogP contribution is -2.43. The molecule has 0 saturated carbocycles. The van der Waals surface area contributed by atoms with Crippen LogP contribution in [0.15, 0.2) is 21.9 Å². The zero-order valence-corrected chi connectivity index (χ0v) is 14.1. The second-order valence-electron chi connectivity index (χ2n) is 5.77. The molecule has 3 rings (SSSR count). The molecule has 0 aromatic carbocycles. The van der Waals surface area contributed by atoms with Crippen LogP contribution in [0.4, 0.5) is 0 Å². The SMILES string of the molecule is CC(=O)O[C@@H]1OCCO[C@H]2[C@@H]1O[C@@H](n1ccc(=O)[nH]c1=O)[C@@H]2OC(C)=O. The summed E-state index contributed by atoms with van der Waals surface area (Å²) in [5.74, 6) is -1.20. The Morgan fingerprint density at radius 3 is 2.46 bits per heavy atom. The molecule has 26 heavy (non-hydrogen) atoms. The molecule has 1 aromatic rings. The number of ether oxygens (including phenoxy) is 5. The second-order valence-corrected chi connectivity index (χ2v) is 5.77. The number of H-pyrrole nitrogens is 1. The molecule has 11 heteroatoms. The maximum absolute atomic E-state index is 12.1. The minimum atomic E-state index is -1.10. The minimum absolute atomic E-state index is 0.143. The summed E-state index contributed by atoms with van der Waals surface area (Å²) in [6.07, 6.45) is -3.76. The van der Waals surface area contributed by atoms with Crippen LogP contribution in [0.2, 0.25) is 0 Å². The summed E-state index contributed by atoms with van der Waals surface area (Å²) in [7, 11) is 0. The van der Waals surface area contributed by atoms with Gasteiger partial charge >= 0.3 is 17.6 Å². The first-order valence-corrected chi connectivity index (χ1v) is 7.91. The Morgan fingerprint density at radius 1 is 1.12 bits per heavy atom. The number of fused-ring (bicyclic) bond motifs is 1. The van der Waals surface area contributed by atoms with E-state index in [0.717, 1.165) is 10.6 Å². The van der Waals surface area contributed by atoms with E-state index in [-0.39, 0.29) is 13.2 Å². The summed E-state index contributed by atoms with van der Waals surface area (Å²) in [6.45, 7) is 2.71. The lowest BCUT2D eigenvalue weighted by molar-refractivity contribution is -0.209. The molecule has 0 bridgehead atoms. The molecule has 3 heterocycles. The number of aromatic nitrogens is 2. The summed E-state index contributed by atoms with van der Waals surface area (Å²) < 4.78 is 28.4. The predicted molar refractivity (Wildman–Crippen MR) is 82.0 cm³/mol. The normalized spacial score (nSPS) is 30.9. The summed E-state index contributed by atoms with van der Waals surface area (Å²) in [5, 5.41) is 0. The Labute approximate surface area is 146 Å². The molecule has 2 aliphatic rings. The molecular formula is C15H18N2O9. The maximum Gasteiger partial charge on any atom is 0.330 e. The van der Waals surface area contributed by atoms with E-state index in [9.17, 15) is 19.2 Å². The van der Waals surface area contributed by atoms with Crippen molar-refractivity contribution in [1.29, 1.82) is 0 Å². The first-order valence-electron chi connectivity index (χ1n) is 7.91. The van der Waals surface area contributed by atoms with Crippen LogP contribution in [0.25, 0.3) is 0 Å². The van der Waals surface area contributed by atoms with Crippen molar-refractivity contribution in [3.8, 4) is 0 Å². The van der Waals surface area contributed by atoms with Crippen LogP contribution in [-0.4, -0.2) is 59.3 Å². The van der Waals surface area contributed by atoms with E-state index in [1.807, 2.05) is 0 Å². The van der Waals surface area contributed by atoms with Gasteiger partial charge in [-0.2, -0.15) is 0 Å². The molecule has 2 aliphatic heterocycles. The van der Waals surface area contributed by atoms with Crippen molar-refractivity contribution >= 4 is 11.9 Å². The van der Waals surface area contributed by atoms with Crippen molar-refractivity contribution in [1.82, 2.24) is 9.55 Å². The third-order valence-corrected chi connectivity index (χ3v) is 3.88. The topological polar surface area (TPSA) is 135 Å². The largest absolute Gasteiger partial charge is 0.455 e. The van der Waals surface area contributed by atoms with E-state index >= 15 is 0 Å². The van der Waals surface area contributed by atoms with E-state index in [1.165, 1.54) is 20.0 Å². The Kier molecular flexibility index (Phi) is 5.20. The highest BCUT2D eigenvalue weighted by molar-refractivity contribution is 5.66. The smallest absolute Gasteiger partial charge is 0.330 e. The molecule has 1 aromatic heterocycles. The summed E-state index contributed by atoms with van der Waals surface area (Å²) in [6, 6.07) is 1.13. The molecule has 0 spiro atoms. The van der Waals surface area contributed by atoms with Crippen LogP contribution in [0.5, 0.6) is 0 Å². The van der Waals surface area contributed by atoms with Gasteiger partial charge in [0, 0.05) is 26.1 Å². The van der Waals surface area contributed by atoms with E-state index in [4.69, 9.17) is 23.7 Å². The standard InChI is InChI=1S/C15H18N2O9/c1-7(18)24-11-10-12(14(25-8(2)19)23-6-5-22-10)26-13(11)17-4-3-9(20)16-15(17)21/h3-4,10-14H,5-6H2,1-2H3,(H,16,20,21)/t10-,11-,12+,13-,14+/m1/s1. The fourth-order valence-corrected chi connectivity index (χ4v) is 2.95. The van der Waals surface area contributed by atoms with Crippen molar-refractivity contribution < 1.29 is 33.3 Å². The predicted octanol–water partition coefficient (Wildman–Crippen LogP) is -1.33. The molecule has 142 valence electrons. The summed E-state index contributed by atoms with van der Waals surface area (Å²) in [5.41, 5.74) is -1.33. The summed E-state index contributed by atoms with van der Waals surface area (Å²) >= 11 is 0. The van der Waals surface area contributed by atoms with Crippen molar-refractivity contribution in [2.24, 2.45) is 0 Å². The number of nitrogens with zero attached hydrogens (tertiary/aromatic N) is 1. The first kappa shape index (κ1) is 18.3. The van der Waals surface area contributed by atoms with Crippen LogP contribution in [0.1, 0.15) is 20.1 Å². The van der Waals surface area contributed by atoms with E-state index in [1.54, 1.807) is 0 Å². The Morgan fingerprint density at radius 2 is 1.81 bits per heavy atom. The highest BCUT2D eigenvalue weighted by Crippen LogP contribution is 2.36. The molecule has 2 fully saturated rings. The number of hydrogen-bond donors (Lipinski definition) is 1. The van der Waals surface area contributed by atoms with Gasteiger partial charge in [0.2, 0.25) is 6.29 Å². The zero-order chi connectivity index (χ0) is 18.8. The molecule has 0 radical (unpaired) electrons. The number of carbonyl (C=O) groups is 2. The molecule has 0 unspecified atom stereocenters. The fraction of sp³-hybridized carbons (Fsp3) is 0.600. The van der Waals surface area contributed by atoms with Crippen LogP contribution in [-0.2, 0) is 33.3 Å². The van der Waals surface area contributed by atoms with Crippen LogP contribution < -0.4 is 11.2 Å². The van der Waals surface area contributed by atoms with Gasteiger partial charge in [0.15, 0.2) is 18.4 Å². The van der Waals surface area contributed by atoms with Gasteiger partial charge < -0.3 is 23.7 Å². The van der Waals surface area contributed by atoms with Gasteiger partial charge in [0.25, 0.3) is 5.56 Å². The van der Waals surface area contributed by atoms with Gasteiger partial charge in [-0.15, -0.1) is 0 Å². The van der Waals surface area contributed by atoms with Gasteiger partial charge in [0.1, 0.15) is 6.10 Å². The maximum atomic E-state index is 12.1. The van der Waals surface area contributed by atoms with E-state index in [0.29, 0.717) is 0 Å². The second kappa shape index (κ2) is 7.40. The first-order chi connectivity index (χ1) is 12.4. The molecule has 0 amide bonds. The van der Waals surface area contributed by atoms with Gasteiger partial charge in [0.05, 0.1) is 13.2 Å². The van der Waals surface area contributed by atoms with Crippen LogP contribution in [0, 0.1) is 0 Å². The molecular weight excluding hydrogens is 352 g/mol. The lowest BCUT2D eigenvalue weighted by atomic mass is 10.1.